The van der Waals surface area contributed by atoms with Gasteiger partial charge in [-0.3, -0.25) is 0 Å². The van der Waals surface area contributed by atoms with Crippen molar-refractivity contribution in [1.82, 2.24) is 9.88 Å². The molecule has 2 aliphatic heterocycles. The number of pyridine rings is 1. The van der Waals surface area contributed by atoms with Gasteiger partial charge in [0.25, 0.3) is 5.92 Å². The lowest BCUT2D eigenvalue weighted by Crippen LogP contribution is -2.52. The SMILES string of the molecule is COc1nc(Cl)cc2c1[C@]1(O)[C@H](O)[C@H](CN3CCC(F)(F)CC3)[C@@H](c3ccccc3)[C@]1(c1ccc(Br)cc1)O2. The van der Waals surface area contributed by atoms with Crippen LogP contribution in [0, 0.1) is 5.92 Å². The van der Waals surface area contributed by atoms with Crippen molar-refractivity contribution in [2.45, 2.75) is 42.0 Å². The molecule has 6 rings (SSSR count). The van der Waals surface area contributed by atoms with E-state index in [2.05, 4.69) is 20.9 Å². The first kappa shape index (κ1) is 26.9. The van der Waals surface area contributed by atoms with Crippen LogP contribution in [-0.2, 0) is 11.2 Å². The van der Waals surface area contributed by atoms with E-state index in [0.29, 0.717) is 12.1 Å². The number of nitrogens with zero attached hydrogens (tertiary/aromatic N) is 2. The first-order chi connectivity index (χ1) is 18.6. The van der Waals surface area contributed by atoms with Crippen LogP contribution in [0.1, 0.15) is 35.4 Å². The molecule has 5 atom stereocenters. The minimum absolute atomic E-state index is 0.0584. The molecule has 2 N–H and O–H groups in total. The molecule has 39 heavy (non-hydrogen) atoms. The molecule has 6 nitrogen and oxygen atoms in total. The fraction of sp³-hybridized carbons (Fsp3) is 0.414. The summed E-state index contributed by atoms with van der Waals surface area (Å²) in [4.78, 5) is 6.23. The van der Waals surface area contributed by atoms with E-state index < -0.39 is 35.1 Å². The fourth-order valence-corrected chi connectivity index (χ4v) is 7.25. The van der Waals surface area contributed by atoms with E-state index in [1.54, 1.807) is 0 Å². The summed E-state index contributed by atoms with van der Waals surface area (Å²) >= 11 is 9.79. The quantitative estimate of drug-likeness (QED) is 0.368. The highest BCUT2D eigenvalue weighted by atomic mass is 79.9. The summed E-state index contributed by atoms with van der Waals surface area (Å²) in [6.45, 7) is 0.679. The third-order valence-electron chi connectivity index (χ3n) is 8.52. The number of methoxy groups -OCH3 is 1. The van der Waals surface area contributed by atoms with Crippen LogP contribution in [0.15, 0.2) is 65.1 Å². The Morgan fingerprint density at radius 3 is 2.44 bits per heavy atom. The summed E-state index contributed by atoms with van der Waals surface area (Å²) in [6.07, 6.45) is -1.85. The molecule has 1 saturated carbocycles. The van der Waals surface area contributed by atoms with Gasteiger partial charge in [0.1, 0.15) is 10.9 Å². The molecule has 3 aromatic rings. The van der Waals surface area contributed by atoms with Crippen molar-refractivity contribution in [2.75, 3.05) is 26.7 Å². The molecule has 0 amide bonds. The minimum atomic E-state index is -2.70. The number of likely N-dealkylation sites (tertiary alicyclic amines) is 1. The predicted molar refractivity (Wildman–Crippen MR) is 145 cm³/mol. The molecule has 0 radical (unpaired) electrons. The molecule has 1 aromatic heterocycles. The van der Waals surface area contributed by atoms with Crippen molar-refractivity contribution in [3.05, 3.63) is 87.0 Å². The normalized spacial score (nSPS) is 31.4. The standard InChI is InChI=1S/C29H28BrClF2N2O4/c1-38-26-24-21(15-22(31)34-26)39-29(18-7-9-19(30)10-8-18)23(17-5-3-2-4-6-17)20(25(36)28(24,29)37)16-35-13-11-27(32,33)12-14-35/h2-10,15,20,23,25,36-37H,11-14,16H2,1H3/t20-,23-,25-,28+,29+/m1/s1. The van der Waals surface area contributed by atoms with Crippen LogP contribution in [0.3, 0.4) is 0 Å². The van der Waals surface area contributed by atoms with Gasteiger partial charge in [0.2, 0.25) is 5.88 Å². The molecular formula is C29H28BrClF2N2O4. The highest BCUT2D eigenvalue weighted by Gasteiger charge is 2.77. The molecule has 2 aromatic carbocycles. The van der Waals surface area contributed by atoms with Gasteiger partial charge in [-0.1, -0.05) is 70.0 Å². The number of alkyl halides is 2. The topological polar surface area (TPSA) is 75.0 Å². The summed E-state index contributed by atoms with van der Waals surface area (Å²) in [6, 6.07) is 18.5. The second kappa shape index (κ2) is 9.66. The zero-order chi connectivity index (χ0) is 27.6. The van der Waals surface area contributed by atoms with E-state index in [-0.39, 0.29) is 48.3 Å². The van der Waals surface area contributed by atoms with Crippen LogP contribution in [0.2, 0.25) is 5.15 Å². The summed E-state index contributed by atoms with van der Waals surface area (Å²) < 4.78 is 41.2. The van der Waals surface area contributed by atoms with Crippen LogP contribution in [0.25, 0.3) is 0 Å². The molecule has 0 bridgehead atoms. The Labute approximate surface area is 238 Å². The Kier molecular flexibility index (Phi) is 6.66. The van der Waals surface area contributed by atoms with E-state index in [9.17, 15) is 19.0 Å². The molecule has 206 valence electrons. The van der Waals surface area contributed by atoms with Crippen molar-refractivity contribution in [1.29, 1.82) is 0 Å². The zero-order valence-corrected chi connectivity index (χ0v) is 23.5. The zero-order valence-electron chi connectivity index (χ0n) is 21.2. The van der Waals surface area contributed by atoms with Crippen molar-refractivity contribution in [3.63, 3.8) is 0 Å². The fourth-order valence-electron chi connectivity index (χ4n) is 6.81. The molecule has 3 heterocycles. The van der Waals surface area contributed by atoms with E-state index >= 15 is 0 Å². The Balaban J connectivity index is 1.58. The first-order valence-corrected chi connectivity index (χ1v) is 14.0. The average molecular weight is 622 g/mol. The number of ether oxygens (including phenoxy) is 2. The Morgan fingerprint density at radius 2 is 1.79 bits per heavy atom. The summed E-state index contributed by atoms with van der Waals surface area (Å²) in [5.74, 6) is -3.52. The van der Waals surface area contributed by atoms with E-state index in [0.717, 1.165) is 10.0 Å². The Bertz CT molecular complexity index is 1370. The minimum Gasteiger partial charge on any atom is -0.481 e. The van der Waals surface area contributed by atoms with Gasteiger partial charge in [-0.15, -0.1) is 0 Å². The second-order valence-corrected chi connectivity index (χ2v) is 11.9. The van der Waals surface area contributed by atoms with Gasteiger partial charge in [-0.05, 0) is 23.3 Å². The van der Waals surface area contributed by atoms with Crippen LogP contribution in [-0.4, -0.2) is 58.9 Å². The third-order valence-corrected chi connectivity index (χ3v) is 9.24. The van der Waals surface area contributed by atoms with Gasteiger partial charge in [-0.2, -0.15) is 0 Å². The maximum Gasteiger partial charge on any atom is 0.250 e. The molecular weight excluding hydrogens is 594 g/mol. The predicted octanol–water partition coefficient (Wildman–Crippen LogP) is 5.49. The van der Waals surface area contributed by atoms with Gasteiger partial charge in [-0.25, -0.2) is 13.8 Å². The second-order valence-electron chi connectivity index (χ2n) is 10.6. The van der Waals surface area contributed by atoms with E-state index in [1.807, 2.05) is 59.5 Å². The van der Waals surface area contributed by atoms with Crippen LogP contribution >= 0.6 is 27.5 Å². The maximum atomic E-state index is 14.0. The number of aromatic nitrogens is 1. The first-order valence-electron chi connectivity index (χ1n) is 12.9. The number of fused-ring (bicyclic) bond motifs is 3. The number of aliphatic hydroxyl groups excluding tert-OH is 1. The number of halogens is 4. The monoisotopic (exact) mass is 620 g/mol. The lowest BCUT2D eigenvalue weighted by atomic mass is 9.71. The molecule has 0 spiro atoms. The van der Waals surface area contributed by atoms with Gasteiger partial charge in [0.15, 0.2) is 11.2 Å². The van der Waals surface area contributed by atoms with Crippen LogP contribution < -0.4 is 9.47 Å². The van der Waals surface area contributed by atoms with Crippen LogP contribution in [0.5, 0.6) is 11.6 Å². The molecule has 3 aliphatic rings. The number of rotatable bonds is 5. The van der Waals surface area contributed by atoms with E-state index in [1.165, 1.54) is 13.2 Å². The number of hydrogen-bond donors (Lipinski definition) is 2. The Hall–Kier alpha value is -2.30. The third kappa shape index (κ3) is 4.08. The van der Waals surface area contributed by atoms with Gasteiger partial charge < -0.3 is 24.6 Å². The molecule has 0 unspecified atom stereocenters. The van der Waals surface area contributed by atoms with Crippen LogP contribution in [0.4, 0.5) is 8.78 Å². The van der Waals surface area contributed by atoms with Gasteiger partial charge >= 0.3 is 0 Å². The number of aliphatic hydroxyl groups is 2. The highest BCUT2D eigenvalue weighted by Crippen LogP contribution is 2.69. The summed E-state index contributed by atoms with van der Waals surface area (Å²) in [5, 5.41) is 25.1. The summed E-state index contributed by atoms with van der Waals surface area (Å²) in [5.41, 5.74) is -1.79. The number of benzene rings is 2. The van der Waals surface area contributed by atoms with Gasteiger partial charge in [0, 0.05) is 54.9 Å². The summed E-state index contributed by atoms with van der Waals surface area (Å²) in [7, 11) is 1.42. The van der Waals surface area contributed by atoms with Crippen molar-refractivity contribution in [2.24, 2.45) is 5.92 Å². The highest BCUT2D eigenvalue weighted by molar-refractivity contribution is 9.10. The Morgan fingerprint density at radius 1 is 1.13 bits per heavy atom. The molecule has 2 fully saturated rings. The smallest absolute Gasteiger partial charge is 0.250 e. The van der Waals surface area contributed by atoms with Crippen molar-refractivity contribution < 1.29 is 28.5 Å². The lowest BCUT2D eigenvalue weighted by Gasteiger charge is -2.41. The largest absolute Gasteiger partial charge is 0.481 e. The maximum absolute atomic E-state index is 14.0. The van der Waals surface area contributed by atoms with Crippen molar-refractivity contribution >= 4 is 27.5 Å². The number of piperidine rings is 1. The van der Waals surface area contributed by atoms with Gasteiger partial charge in [0.05, 0.1) is 18.8 Å². The van der Waals surface area contributed by atoms with E-state index in [4.69, 9.17) is 21.1 Å². The lowest BCUT2D eigenvalue weighted by molar-refractivity contribution is -0.152. The number of hydrogen-bond acceptors (Lipinski definition) is 6. The molecule has 1 saturated heterocycles. The van der Waals surface area contributed by atoms with Crippen molar-refractivity contribution in [3.8, 4) is 11.6 Å². The average Bonchev–Trinajstić information content (AvgIpc) is 3.28. The molecule has 1 aliphatic carbocycles. The molecule has 10 heteroatoms.